The van der Waals surface area contributed by atoms with Crippen LogP contribution in [0.15, 0.2) is 30.3 Å². The number of methoxy groups -OCH3 is 2. The summed E-state index contributed by atoms with van der Waals surface area (Å²) in [5.74, 6) is -2.38. The van der Waals surface area contributed by atoms with Gasteiger partial charge in [0.1, 0.15) is 24.1 Å². The molecule has 1 aromatic carbocycles. The highest BCUT2D eigenvalue weighted by molar-refractivity contribution is 6.31. The molecule has 8 nitrogen and oxygen atoms in total. The topological polar surface area (TPSA) is 90.7 Å². The number of hydrogen-bond donors (Lipinski definition) is 0. The van der Waals surface area contributed by atoms with E-state index in [-0.39, 0.29) is 5.15 Å². The Balaban J connectivity index is 2.26. The molecule has 1 amide bonds. The van der Waals surface area contributed by atoms with Crippen LogP contribution in [-0.4, -0.2) is 59.8 Å². The van der Waals surface area contributed by atoms with E-state index < -0.39 is 36.8 Å². The number of halogens is 2. The van der Waals surface area contributed by atoms with Crippen molar-refractivity contribution in [1.82, 2.24) is 14.7 Å². The number of aromatic nitrogens is 2. The van der Waals surface area contributed by atoms with E-state index in [4.69, 9.17) is 11.6 Å². The van der Waals surface area contributed by atoms with Gasteiger partial charge in [0, 0.05) is 11.6 Å². The van der Waals surface area contributed by atoms with Gasteiger partial charge in [0.05, 0.1) is 25.6 Å². The molecule has 0 spiro atoms. The Hall–Kier alpha value is -3.20. The molecule has 1 aromatic heterocycles. The van der Waals surface area contributed by atoms with E-state index >= 15 is 0 Å². The molecule has 0 aliphatic carbocycles. The maximum absolute atomic E-state index is 13.1. The van der Waals surface area contributed by atoms with Gasteiger partial charge in [-0.3, -0.25) is 14.4 Å². The molecule has 0 radical (unpaired) electrons. The molecule has 0 N–H and O–H groups in total. The minimum atomic E-state index is -0.686. The third-order valence-corrected chi connectivity index (χ3v) is 4.28. The molecule has 29 heavy (non-hydrogen) atoms. The summed E-state index contributed by atoms with van der Waals surface area (Å²) in [5, 5.41) is 4.51. The standard InChI is InChI=1S/C19H19ClFN3O5/c1-12-15(19(20)24(22-12)14-6-4-13(21)5-7-14)8-9-16(25)23(10-17(26)28-2)11-18(27)29-3/h4-9H,10-11H2,1-3H3/b9-8+. The summed E-state index contributed by atoms with van der Waals surface area (Å²) in [7, 11) is 2.35. The van der Waals surface area contributed by atoms with E-state index in [1.165, 1.54) is 49.2 Å². The van der Waals surface area contributed by atoms with Gasteiger partial charge in [-0.25, -0.2) is 9.07 Å². The average molecular weight is 424 g/mol. The summed E-state index contributed by atoms with van der Waals surface area (Å²) < 4.78 is 23.6. The third kappa shape index (κ3) is 5.64. The summed E-state index contributed by atoms with van der Waals surface area (Å²) in [5.41, 5.74) is 1.53. The Morgan fingerprint density at radius 3 is 2.21 bits per heavy atom. The maximum Gasteiger partial charge on any atom is 0.325 e. The number of aryl methyl sites for hydroxylation is 1. The van der Waals surface area contributed by atoms with E-state index in [1.54, 1.807) is 6.92 Å². The van der Waals surface area contributed by atoms with Crippen LogP contribution in [0.2, 0.25) is 5.15 Å². The Kier molecular flexibility index (Phi) is 7.49. The number of rotatable bonds is 7. The fraction of sp³-hybridized carbons (Fsp3) is 0.263. The molecule has 2 aromatic rings. The van der Waals surface area contributed by atoms with Crippen LogP contribution in [0.25, 0.3) is 11.8 Å². The summed E-state index contributed by atoms with van der Waals surface area (Å²) >= 11 is 6.36. The Bertz CT molecular complexity index is 922. The van der Waals surface area contributed by atoms with Crippen molar-refractivity contribution in [3.63, 3.8) is 0 Å². The van der Waals surface area contributed by atoms with E-state index in [0.29, 0.717) is 16.9 Å². The number of benzene rings is 1. The summed E-state index contributed by atoms with van der Waals surface area (Å²) in [6.45, 7) is 0.851. The summed E-state index contributed by atoms with van der Waals surface area (Å²) in [6.07, 6.45) is 2.59. The number of ether oxygens (including phenoxy) is 2. The molecule has 10 heteroatoms. The van der Waals surface area contributed by atoms with Crippen LogP contribution in [0, 0.1) is 12.7 Å². The Morgan fingerprint density at radius 2 is 1.69 bits per heavy atom. The molecule has 0 aliphatic heterocycles. The molecule has 0 saturated heterocycles. The fourth-order valence-corrected chi connectivity index (χ4v) is 2.70. The second-order valence-electron chi connectivity index (χ2n) is 5.86. The predicted octanol–water partition coefficient (Wildman–Crippen LogP) is 2.16. The van der Waals surface area contributed by atoms with Crippen molar-refractivity contribution >= 4 is 35.5 Å². The van der Waals surface area contributed by atoms with Gasteiger partial charge in [0.2, 0.25) is 5.91 Å². The molecule has 0 fully saturated rings. The van der Waals surface area contributed by atoms with Crippen molar-refractivity contribution in [3.8, 4) is 5.69 Å². The molecular formula is C19H19ClFN3O5. The van der Waals surface area contributed by atoms with Gasteiger partial charge < -0.3 is 14.4 Å². The van der Waals surface area contributed by atoms with Crippen LogP contribution in [0.1, 0.15) is 11.3 Å². The van der Waals surface area contributed by atoms with Crippen molar-refractivity contribution in [2.75, 3.05) is 27.3 Å². The van der Waals surface area contributed by atoms with Gasteiger partial charge in [-0.05, 0) is 37.3 Å². The number of amides is 1. The first-order valence-corrected chi connectivity index (χ1v) is 8.76. The Morgan fingerprint density at radius 1 is 1.14 bits per heavy atom. The van der Waals surface area contributed by atoms with Gasteiger partial charge in [-0.1, -0.05) is 11.6 Å². The lowest BCUT2D eigenvalue weighted by atomic mass is 10.2. The number of hydrogen-bond acceptors (Lipinski definition) is 6. The van der Waals surface area contributed by atoms with Gasteiger partial charge in [0.15, 0.2) is 0 Å². The maximum atomic E-state index is 13.1. The lowest BCUT2D eigenvalue weighted by Gasteiger charge is -2.18. The van der Waals surface area contributed by atoms with E-state index in [1.807, 2.05) is 0 Å². The molecule has 0 saturated carbocycles. The van der Waals surface area contributed by atoms with Gasteiger partial charge in [-0.15, -0.1) is 0 Å². The van der Waals surface area contributed by atoms with Crippen LogP contribution >= 0.6 is 11.6 Å². The molecule has 0 unspecified atom stereocenters. The second kappa shape index (κ2) is 9.83. The molecule has 0 atom stereocenters. The lowest BCUT2D eigenvalue weighted by molar-refractivity contribution is -0.150. The first-order valence-electron chi connectivity index (χ1n) is 8.38. The van der Waals surface area contributed by atoms with Gasteiger partial charge in [-0.2, -0.15) is 5.10 Å². The minimum Gasteiger partial charge on any atom is -0.468 e. The van der Waals surface area contributed by atoms with Crippen LogP contribution < -0.4 is 0 Å². The molecule has 0 bridgehead atoms. The summed E-state index contributed by atoms with van der Waals surface area (Å²) in [6, 6.07) is 5.58. The monoisotopic (exact) mass is 423 g/mol. The van der Waals surface area contributed by atoms with Crippen molar-refractivity contribution in [3.05, 3.63) is 52.6 Å². The predicted molar refractivity (Wildman–Crippen MR) is 103 cm³/mol. The van der Waals surface area contributed by atoms with Crippen molar-refractivity contribution < 1.29 is 28.2 Å². The summed E-state index contributed by atoms with van der Waals surface area (Å²) in [4.78, 5) is 36.5. The zero-order chi connectivity index (χ0) is 21.6. The van der Waals surface area contributed by atoms with E-state index in [9.17, 15) is 18.8 Å². The Labute approximate surface area is 171 Å². The molecule has 2 rings (SSSR count). The average Bonchev–Trinajstić information content (AvgIpc) is 2.99. The zero-order valence-electron chi connectivity index (χ0n) is 16.0. The largest absolute Gasteiger partial charge is 0.468 e. The van der Waals surface area contributed by atoms with Crippen molar-refractivity contribution in [2.24, 2.45) is 0 Å². The zero-order valence-corrected chi connectivity index (χ0v) is 16.8. The normalized spacial score (nSPS) is 10.8. The molecular weight excluding hydrogens is 405 g/mol. The highest BCUT2D eigenvalue weighted by Crippen LogP contribution is 2.25. The number of carbonyl (C=O) groups is 3. The van der Waals surface area contributed by atoms with Crippen molar-refractivity contribution in [2.45, 2.75) is 6.92 Å². The molecule has 0 aliphatic rings. The SMILES string of the molecule is COC(=O)CN(CC(=O)OC)C(=O)/C=C/c1c(C)nn(-c2ccc(F)cc2)c1Cl. The van der Waals surface area contributed by atoms with Crippen LogP contribution in [0.4, 0.5) is 4.39 Å². The number of nitrogens with zero attached hydrogens (tertiary/aromatic N) is 3. The minimum absolute atomic E-state index is 0.214. The smallest absolute Gasteiger partial charge is 0.325 e. The van der Waals surface area contributed by atoms with Crippen LogP contribution in [0.5, 0.6) is 0 Å². The van der Waals surface area contributed by atoms with Crippen LogP contribution in [0.3, 0.4) is 0 Å². The fourth-order valence-electron chi connectivity index (χ4n) is 2.37. The lowest BCUT2D eigenvalue weighted by Crippen LogP contribution is -2.39. The van der Waals surface area contributed by atoms with Gasteiger partial charge >= 0.3 is 11.9 Å². The number of carbonyl (C=O) groups excluding carboxylic acids is 3. The third-order valence-electron chi connectivity index (χ3n) is 3.92. The molecule has 1 heterocycles. The van der Waals surface area contributed by atoms with Crippen LogP contribution in [-0.2, 0) is 23.9 Å². The van der Waals surface area contributed by atoms with E-state index in [0.717, 1.165) is 11.0 Å². The van der Waals surface area contributed by atoms with Gasteiger partial charge in [0.25, 0.3) is 0 Å². The highest BCUT2D eigenvalue weighted by Gasteiger charge is 2.20. The first kappa shape index (κ1) is 22.1. The first-order chi connectivity index (χ1) is 13.8. The van der Waals surface area contributed by atoms with Crippen molar-refractivity contribution in [1.29, 1.82) is 0 Å². The quantitative estimate of drug-likeness (QED) is 0.500. The number of esters is 2. The second-order valence-corrected chi connectivity index (χ2v) is 6.22. The highest BCUT2D eigenvalue weighted by atomic mass is 35.5. The van der Waals surface area contributed by atoms with E-state index in [2.05, 4.69) is 14.6 Å². The molecule has 154 valence electrons.